The predicted molar refractivity (Wildman–Crippen MR) is 55.1 cm³/mol. The lowest BCUT2D eigenvalue weighted by Gasteiger charge is -2.11. The summed E-state index contributed by atoms with van der Waals surface area (Å²) in [5, 5.41) is 8.59. The molecule has 0 bridgehead atoms. The van der Waals surface area contributed by atoms with Crippen LogP contribution in [0.2, 0.25) is 0 Å². The lowest BCUT2D eigenvalue weighted by molar-refractivity contribution is -0.137. The van der Waals surface area contributed by atoms with Gasteiger partial charge in [-0.25, -0.2) is 0 Å². The van der Waals surface area contributed by atoms with Crippen molar-refractivity contribution in [3.8, 4) is 0 Å². The standard InChI is InChI=1S/C11H15NO2/c1-7-3-4-9(5-8(7)2)10(12)6-11(13)14/h3-5,10H,6,12H2,1-2H3,(H,13,14). The Balaban J connectivity index is 2.85. The maximum Gasteiger partial charge on any atom is 0.305 e. The first-order valence-electron chi connectivity index (χ1n) is 4.55. The van der Waals surface area contributed by atoms with Crippen molar-refractivity contribution in [3.63, 3.8) is 0 Å². The van der Waals surface area contributed by atoms with Crippen molar-refractivity contribution in [3.05, 3.63) is 34.9 Å². The van der Waals surface area contributed by atoms with Gasteiger partial charge in [-0.1, -0.05) is 18.2 Å². The number of carbonyl (C=O) groups is 1. The van der Waals surface area contributed by atoms with Crippen LogP contribution in [-0.2, 0) is 4.79 Å². The maximum atomic E-state index is 10.5. The van der Waals surface area contributed by atoms with Crippen LogP contribution in [0, 0.1) is 13.8 Å². The molecule has 0 heterocycles. The van der Waals surface area contributed by atoms with Gasteiger partial charge in [0.15, 0.2) is 0 Å². The van der Waals surface area contributed by atoms with Crippen LogP contribution in [-0.4, -0.2) is 11.1 Å². The van der Waals surface area contributed by atoms with E-state index in [1.165, 1.54) is 5.56 Å². The van der Waals surface area contributed by atoms with E-state index < -0.39 is 12.0 Å². The highest BCUT2D eigenvalue weighted by Crippen LogP contribution is 2.17. The summed E-state index contributed by atoms with van der Waals surface area (Å²) in [5.74, 6) is -0.865. The second-order valence-electron chi connectivity index (χ2n) is 3.55. The number of benzene rings is 1. The molecule has 76 valence electrons. The molecule has 1 rings (SSSR count). The number of hydrogen-bond donors (Lipinski definition) is 2. The first-order valence-corrected chi connectivity index (χ1v) is 4.55. The van der Waals surface area contributed by atoms with Gasteiger partial charge in [-0.15, -0.1) is 0 Å². The fourth-order valence-corrected chi connectivity index (χ4v) is 1.30. The van der Waals surface area contributed by atoms with Crippen LogP contribution in [0.3, 0.4) is 0 Å². The molecule has 1 atom stereocenters. The summed E-state index contributed by atoms with van der Waals surface area (Å²) in [5.41, 5.74) is 8.95. The fraction of sp³-hybridized carbons (Fsp3) is 0.364. The highest BCUT2D eigenvalue weighted by molar-refractivity contribution is 5.67. The fourth-order valence-electron chi connectivity index (χ4n) is 1.30. The SMILES string of the molecule is Cc1ccc(C(N)CC(=O)O)cc1C. The van der Waals surface area contributed by atoms with Crippen molar-refractivity contribution >= 4 is 5.97 Å². The molecule has 3 heteroatoms. The maximum absolute atomic E-state index is 10.5. The number of hydrogen-bond acceptors (Lipinski definition) is 2. The van der Waals surface area contributed by atoms with E-state index in [2.05, 4.69) is 0 Å². The van der Waals surface area contributed by atoms with Crippen LogP contribution in [0.5, 0.6) is 0 Å². The number of carboxylic acid groups (broad SMARTS) is 1. The van der Waals surface area contributed by atoms with Crippen molar-refractivity contribution in [1.82, 2.24) is 0 Å². The van der Waals surface area contributed by atoms with Crippen LogP contribution in [0.1, 0.15) is 29.2 Å². The molecule has 1 aromatic carbocycles. The minimum Gasteiger partial charge on any atom is -0.481 e. The topological polar surface area (TPSA) is 63.3 Å². The molecule has 3 nitrogen and oxygen atoms in total. The lowest BCUT2D eigenvalue weighted by atomic mass is 10.00. The third-order valence-electron chi connectivity index (χ3n) is 2.35. The van der Waals surface area contributed by atoms with Gasteiger partial charge in [0.2, 0.25) is 0 Å². The van der Waals surface area contributed by atoms with E-state index in [0.29, 0.717) is 0 Å². The summed E-state index contributed by atoms with van der Waals surface area (Å²) in [6, 6.07) is 5.39. The molecular formula is C11H15NO2. The molecule has 0 radical (unpaired) electrons. The summed E-state index contributed by atoms with van der Waals surface area (Å²) in [4.78, 5) is 10.5. The minimum atomic E-state index is -0.865. The van der Waals surface area contributed by atoms with Crippen LogP contribution < -0.4 is 5.73 Å². The van der Waals surface area contributed by atoms with Gasteiger partial charge in [-0.3, -0.25) is 4.79 Å². The Morgan fingerprint density at radius 3 is 2.57 bits per heavy atom. The van der Waals surface area contributed by atoms with E-state index in [0.717, 1.165) is 11.1 Å². The van der Waals surface area contributed by atoms with Gasteiger partial charge in [0.25, 0.3) is 0 Å². The summed E-state index contributed by atoms with van der Waals surface area (Å²) in [6.07, 6.45) is -0.0253. The molecule has 0 saturated carbocycles. The van der Waals surface area contributed by atoms with E-state index in [1.54, 1.807) is 0 Å². The van der Waals surface area contributed by atoms with Crippen molar-refractivity contribution in [2.75, 3.05) is 0 Å². The van der Waals surface area contributed by atoms with Crippen LogP contribution in [0.4, 0.5) is 0 Å². The largest absolute Gasteiger partial charge is 0.481 e. The van der Waals surface area contributed by atoms with E-state index in [9.17, 15) is 4.79 Å². The van der Waals surface area contributed by atoms with Crippen LogP contribution >= 0.6 is 0 Å². The molecule has 0 aromatic heterocycles. The average molecular weight is 193 g/mol. The molecule has 0 aliphatic carbocycles. The molecule has 0 fully saturated rings. The van der Waals surface area contributed by atoms with Gasteiger partial charge in [0, 0.05) is 6.04 Å². The highest BCUT2D eigenvalue weighted by atomic mass is 16.4. The first-order chi connectivity index (χ1) is 6.50. The van der Waals surface area contributed by atoms with Gasteiger partial charge in [0.05, 0.1) is 6.42 Å². The van der Waals surface area contributed by atoms with Crippen LogP contribution in [0.25, 0.3) is 0 Å². The van der Waals surface area contributed by atoms with E-state index in [1.807, 2.05) is 32.0 Å². The molecule has 1 aromatic rings. The number of aliphatic carboxylic acids is 1. The highest BCUT2D eigenvalue weighted by Gasteiger charge is 2.10. The Bertz CT molecular complexity index is 347. The van der Waals surface area contributed by atoms with E-state index in [-0.39, 0.29) is 6.42 Å². The Labute approximate surface area is 83.6 Å². The average Bonchev–Trinajstić information content (AvgIpc) is 2.08. The Hall–Kier alpha value is -1.35. The summed E-state index contributed by atoms with van der Waals surface area (Å²) >= 11 is 0. The van der Waals surface area contributed by atoms with Crippen LogP contribution in [0.15, 0.2) is 18.2 Å². The summed E-state index contributed by atoms with van der Waals surface area (Å²) < 4.78 is 0. The van der Waals surface area contributed by atoms with Gasteiger partial charge < -0.3 is 10.8 Å². The minimum absolute atomic E-state index is 0.0253. The molecular weight excluding hydrogens is 178 g/mol. The number of nitrogens with two attached hydrogens (primary N) is 1. The summed E-state index contributed by atoms with van der Waals surface area (Å²) in [7, 11) is 0. The number of rotatable bonds is 3. The quantitative estimate of drug-likeness (QED) is 0.769. The monoisotopic (exact) mass is 193 g/mol. The van der Waals surface area contributed by atoms with Gasteiger partial charge in [-0.2, -0.15) is 0 Å². The predicted octanol–water partition coefficient (Wildman–Crippen LogP) is 1.78. The third-order valence-corrected chi connectivity index (χ3v) is 2.35. The lowest BCUT2D eigenvalue weighted by Crippen LogP contribution is -2.15. The van der Waals surface area contributed by atoms with Crippen molar-refractivity contribution in [2.24, 2.45) is 5.73 Å². The van der Waals surface area contributed by atoms with Gasteiger partial charge in [0.1, 0.15) is 0 Å². The molecule has 0 saturated heterocycles. The molecule has 14 heavy (non-hydrogen) atoms. The number of aryl methyl sites for hydroxylation is 2. The third kappa shape index (κ3) is 2.57. The normalized spacial score (nSPS) is 12.5. The first kappa shape index (κ1) is 10.7. The zero-order valence-electron chi connectivity index (χ0n) is 8.45. The van der Waals surface area contributed by atoms with Crippen molar-refractivity contribution in [2.45, 2.75) is 26.3 Å². The Morgan fingerprint density at radius 1 is 1.43 bits per heavy atom. The Morgan fingerprint density at radius 2 is 2.07 bits per heavy atom. The van der Waals surface area contributed by atoms with E-state index >= 15 is 0 Å². The number of carboxylic acids is 1. The van der Waals surface area contributed by atoms with Gasteiger partial charge >= 0.3 is 5.97 Å². The van der Waals surface area contributed by atoms with E-state index in [4.69, 9.17) is 10.8 Å². The molecule has 3 N–H and O–H groups in total. The molecule has 1 unspecified atom stereocenters. The molecule has 0 aliphatic rings. The summed E-state index contributed by atoms with van der Waals surface area (Å²) in [6.45, 7) is 4.01. The second-order valence-corrected chi connectivity index (χ2v) is 3.55. The molecule has 0 spiro atoms. The zero-order valence-corrected chi connectivity index (χ0v) is 8.45. The van der Waals surface area contributed by atoms with Crippen molar-refractivity contribution in [1.29, 1.82) is 0 Å². The second kappa shape index (κ2) is 4.24. The smallest absolute Gasteiger partial charge is 0.305 e. The van der Waals surface area contributed by atoms with Crippen molar-refractivity contribution < 1.29 is 9.90 Å². The molecule has 0 amide bonds. The van der Waals surface area contributed by atoms with Gasteiger partial charge in [-0.05, 0) is 30.5 Å². The Kier molecular flexibility index (Phi) is 3.25. The molecule has 0 aliphatic heterocycles. The zero-order chi connectivity index (χ0) is 10.7.